The molecule has 72 valence electrons. The Hall–Kier alpha value is -0.990. The molecule has 0 bridgehead atoms. The van der Waals surface area contributed by atoms with Crippen molar-refractivity contribution in [2.45, 2.75) is 39.3 Å². The van der Waals surface area contributed by atoms with Crippen LogP contribution in [-0.4, -0.2) is 15.8 Å². The van der Waals surface area contributed by atoms with Crippen LogP contribution in [0.1, 0.15) is 26.7 Å². The number of hydrogen-bond donors (Lipinski definition) is 1. The zero-order valence-corrected chi connectivity index (χ0v) is 8.33. The van der Waals surface area contributed by atoms with Gasteiger partial charge in [-0.15, -0.1) is 0 Å². The SMILES string of the molecule is CCn1cc(NC2CCC2C)cn1. The molecule has 3 nitrogen and oxygen atoms in total. The maximum absolute atomic E-state index is 4.23. The van der Waals surface area contributed by atoms with Gasteiger partial charge in [-0.2, -0.15) is 5.10 Å². The van der Waals surface area contributed by atoms with E-state index in [-0.39, 0.29) is 0 Å². The predicted octanol–water partition coefficient (Wildman–Crippen LogP) is 2.11. The van der Waals surface area contributed by atoms with Crippen molar-refractivity contribution in [3.63, 3.8) is 0 Å². The van der Waals surface area contributed by atoms with Gasteiger partial charge in [0, 0.05) is 18.8 Å². The second-order valence-corrected chi connectivity index (χ2v) is 3.89. The summed E-state index contributed by atoms with van der Waals surface area (Å²) in [6, 6.07) is 0.675. The minimum atomic E-state index is 0.675. The van der Waals surface area contributed by atoms with Gasteiger partial charge in [-0.3, -0.25) is 4.68 Å². The van der Waals surface area contributed by atoms with Crippen molar-refractivity contribution >= 4 is 5.69 Å². The largest absolute Gasteiger partial charge is 0.380 e. The third kappa shape index (κ3) is 1.69. The Balaban J connectivity index is 1.93. The fourth-order valence-corrected chi connectivity index (χ4v) is 1.71. The van der Waals surface area contributed by atoms with Crippen molar-refractivity contribution in [2.24, 2.45) is 5.92 Å². The van der Waals surface area contributed by atoms with Crippen LogP contribution in [0.15, 0.2) is 12.4 Å². The first-order chi connectivity index (χ1) is 6.29. The van der Waals surface area contributed by atoms with E-state index in [9.17, 15) is 0 Å². The van der Waals surface area contributed by atoms with Crippen LogP contribution in [0.4, 0.5) is 5.69 Å². The molecule has 1 aromatic heterocycles. The van der Waals surface area contributed by atoms with Crippen molar-refractivity contribution in [1.82, 2.24) is 9.78 Å². The van der Waals surface area contributed by atoms with Gasteiger partial charge < -0.3 is 5.32 Å². The summed E-state index contributed by atoms with van der Waals surface area (Å²) in [6.07, 6.45) is 6.65. The van der Waals surface area contributed by atoms with Crippen LogP contribution >= 0.6 is 0 Å². The van der Waals surface area contributed by atoms with E-state index in [0.717, 1.165) is 12.5 Å². The summed E-state index contributed by atoms with van der Waals surface area (Å²) in [5.74, 6) is 0.824. The molecule has 1 aliphatic rings. The highest BCUT2D eigenvalue weighted by molar-refractivity contribution is 5.40. The number of rotatable bonds is 3. The molecule has 0 radical (unpaired) electrons. The second-order valence-electron chi connectivity index (χ2n) is 3.89. The molecule has 1 saturated carbocycles. The lowest BCUT2D eigenvalue weighted by molar-refractivity contribution is 0.303. The molecule has 0 aromatic carbocycles. The van der Waals surface area contributed by atoms with Crippen molar-refractivity contribution < 1.29 is 0 Å². The average Bonchev–Trinajstić information content (AvgIpc) is 2.59. The summed E-state index contributed by atoms with van der Waals surface area (Å²) in [7, 11) is 0. The fourth-order valence-electron chi connectivity index (χ4n) is 1.71. The lowest BCUT2D eigenvalue weighted by atomic mass is 9.81. The zero-order chi connectivity index (χ0) is 9.26. The molecule has 1 N–H and O–H groups in total. The number of aryl methyl sites for hydroxylation is 1. The molecule has 2 atom stereocenters. The molecule has 0 amide bonds. The Morgan fingerprint density at radius 2 is 2.46 bits per heavy atom. The van der Waals surface area contributed by atoms with Gasteiger partial charge in [0.1, 0.15) is 0 Å². The molecule has 1 heterocycles. The first-order valence-corrected chi connectivity index (χ1v) is 5.08. The molecule has 1 aliphatic carbocycles. The molecule has 2 rings (SSSR count). The molecule has 2 unspecified atom stereocenters. The summed E-state index contributed by atoms with van der Waals surface area (Å²) in [5.41, 5.74) is 1.17. The normalized spacial score (nSPS) is 26.9. The number of nitrogens with zero attached hydrogens (tertiary/aromatic N) is 2. The summed E-state index contributed by atoms with van der Waals surface area (Å²) in [6.45, 7) is 5.34. The third-order valence-corrected chi connectivity index (χ3v) is 2.93. The van der Waals surface area contributed by atoms with Crippen LogP contribution in [0.2, 0.25) is 0 Å². The minimum Gasteiger partial charge on any atom is -0.380 e. The molecular weight excluding hydrogens is 162 g/mol. The quantitative estimate of drug-likeness (QED) is 0.770. The predicted molar refractivity (Wildman–Crippen MR) is 53.7 cm³/mol. The highest BCUT2D eigenvalue weighted by Crippen LogP contribution is 2.29. The molecule has 1 aromatic rings. The van der Waals surface area contributed by atoms with Crippen LogP contribution in [0.3, 0.4) is 0 Å². The first-order valence-electron chi connectivity index (χ1n) is 5.08. The fraction of sp³-hybridized carbons (Fsp3) is 0.700. The van der Waals surface area contributed by atoms with Gasteiger partial charge in [0.15, 0.2) is 0 Å². The van der Waals surface area contributed by atoms with Gasteiger partial charge in [0.2, 0.25) is 0 Å². The van der Waals surface area contributed by atoms with Crippen molar-refractivity contribution in [3.05, 3.63) is 12.4 Å². The Bertz CT molecular complexity index is 279. The Kier molecular flexibility index (Phi) is 2.25. The third-order valence-electron chi connectivity index (χ3n) is 2.93. The van der Waals surface area contributed by atoms with E-state index in [2.05, 4.69) is 30.5 Å². The van der Waals surface area contributed by atoms with E-state index < -0.39 is 0 Å². The second kappa shape index (κ2) is 3.40. The maximum atomic E-state index is 4.23. The van der Waals surface area contributed by atoms with Crippen LogP contribution in [-0.2, 0) is 6.54 Å². The summed E-state index contributed by atoms with van der Waals surface area (Å²) >= 11 is 0. The van der Waals surface area contributed by atoms with Gasteiger partial charge in [-0.1, -0.05) is 6.92 Å². The lowest BCUT2D eigenvalue weighted by Crippen LogP contribution is -2.36. The summed E-state index contributed by atoms with van der Waals surface area (Å²) in [4.78, 5) is 0. The van der Waals surface area contributed by atoms with E-state index in [1.807, 2.05) is 10.9 Å². The lowest BCUT2D eigenvalue weighted by Gasteiger charge is -2.34. The van der Waals surface area contributed by atoms with E-state index >= 15 is 0 Å². The van der Waals surface area contributed by atoms with Crippen LogP contribution < -0.4 is 5.32 Å². The van der Waals surface area contributed by atoms with Gasteiger partial charge in [0.25, 0.3) is 0 Å². The number of anilines is 1. The molecule has 1 fully saturated rings. The number of nitrogens with one attached hydrogen (secondary N) is 1. The Morgan fingerprint density at radius 1 is 1.62 bits per heavy atom. The topological polar surface area (TPSA) is 29.9 Å². The average molecular weight is 179 g/mol. The summed E-state index contributed by atoms with van der Waals surface area (Å²) < 4.78 is 1.95. The maximum Gasteiger partial charge on any atom is 0.0728 e. The van der Waals surface area contributed by atoms with E-state index in [1.165, 1.54) is 18.5 Å². The molecule has 0 spiro atoms. The van der Waals surface area contributed by atoms with Crippen LogP contribution in [0.25, 0.3) is 0 Å². The Morgan fingerprint density at radius 3 is 2.92 bits per heavy atom. The monoisotopic (exact) mass is 179 g/mol. The van der Waals surface area contributed by atoms with Gasteiger partial charge >= 0.3 is 0 Å². The number of hydrogen-bond acceptors (Lipinski definition) is 2. The summed E-state index contributed by atoms with van der Waals surface area (Å²) in [5, 5.41) is 7.72. The van der Waals surface area contributed by atoms with Crippen molar-refractivity contribution in [2.75, 3.05) is 5.32 Å². The minimum absolute atomic E-state index is 0.675. The van der Waals surface area contributed by atoms with Crippen molar-refractivity contribution in [3.8, 4) is 0 Å². The van der Waals surface area contributed by atoms with E-state index in [0.29, 0.717) is 6.04 Å². The van der Waals surface area contributed by atoms with Gasteiger partial charge in [-0.25, -0.2) is 0 Å². The standard InChI is InChI=1S/C10H17N3/c1-3-13-7-9(6-11-13)12-10-5-4-8(10)2/h6-8,10,12H,3-5H2,1-2H3. The molecule has 0 aliphatic heterocycles. The number of aromatic nitrogens is 2. The molecular formula is C10H17N3. The molecule has 3 heteroatoms. The Labute approximate surface area is 79.1 Å². The van der Waals surface area contributed by atoms with Crippen LogP contribution in [0.5, 0.6) is 0 Å². The van der Waals surface area contributed by atoms with Gasteiger partial charge in [0.05, 0.1) is 11.9 Å². The van der Waals surface area contributed by atoms with Crippen LogP contribution in [0, 0.1) is 5.92 Å². The molecule has 0 saturated heterocycles. The first kappa shape index (κ1) is 8.60. The highest BCUT2D eigenvalue weighted by atomic mass is 15.3. The highest BCUT2D eigenvalue weighted by Gasteiger charge is 2.26. The smallest absolute Gasteiger partial charge is 0.0728 e. The van der Waals surface area contributed by atoms with Gasteiger partial charge in [-0.05, 0) is 25.7 Å². The zero-order valence-electron chi connectivity index (χ0n) is 8.33. The van der Waals surface area contributed by atoms with E-state index in [1.54, 1.807) is 0 Å². The van der Waals surface area contributed by atoms with Crippen molar-refractivity contribution in [1.29, 1.82) is 0 Å². The van der Waals surface area contributed by atoms with E-state index in [4.69, 9.17) is 0 Å². The molecule has 13 heavy (non-hydrogen) atoms.